The largest absolute Gasteiger partial charge is 0.393 e. The van der Waals surface area contributed by atoms with Gasteiger partial charge in [-0.25, -0.2) is 0 Å². The number of hydrogen-bond acceptors (Lipinski definition) is 3. The fourth-order valence-electron chi connectivity index (χ4n) is 3.03. The molecule has 0 aromatic rings. The summed E-state index contributed by atoms with van der Waals surface area (Å²) in [5, 5.41) is 13.3. The fraction of sp³-hybridized carbons (Fsp3) is 1.00. The molecule has 0 bridgehead atoms. The normalized spacial score (nSPS) is 42.8. The highest BCUT2D eigenvalue weighted by molar-refractivity contribution is 4.85. The second kappa shape index (κ2) is 5.28. The standard InChI is InChI=1S/C12H24N2O/c13-9-3-1-4-10(7-9)14-11-5-2-6-12(15)8-11/h9-12,14-15H,1-8,13H2. The Morgan fingerprint density at radius 2 is 1.60 bits per heavy atom. The molecule has 4 unspecified atom stereocenters. The van der Waals surface area contributed by atoms with Crippen LogP contribution in [0.4, 0.5) is 0 Å². The predicted molar refractivity (Wildman–Crippen MR) is 61.6 cm³/mol. The Kier molecular flexibility index (Phi) is 4.00. The van der Waals surface area contributed by atoms with Crippen LogP contribution in [-0.4, -0.2) is 29.3 Å². The van der Waals surface area contributed by atoms with Crippen LogP contribution in [0, 0.1) is 0 Å². The lowest BCUT2D eigenvalue weighted by molar-refractivity contribution is 0.106. The summed E-state index contributed by atoms with van der Waals surface area (Å²) in [6.45, 7) is 0. The van der Waals surface area contributed by atoms with Gasteiger partial charge < -0.3 is 16.2 Å². The summed E-state index contributed by atoms with van der Waals surface area (Å²) < 4.78 is 0. The van der Waals surface area contributed by atoms with Crippen LogP contribution < -0.4 is 11.1 Å². The highest BCUT2D eigenvalue weighted by Crippen LogP contribution is 2.22. The molecule has 0 aliphatic heterocycles. The third kappa shape index (κ3) is 3.44. The zero-order chi connectivity index (χ0) is 10.7. The average Bonchev–Trinajstić information content (AvgIpc) is 2.17. The van der Waals surface area contributed by atoms with Crippen molar-refractivity contribution in [2.75, 3.05) is 0 Å². The van der Waals surface area contributed by atoms with Crippen molar-refractivity contribution in [1.29, 1.82) is 0 Å². The van der Waals surface area contributed by atoms with Gasteiger partial charge in [-0.2, -0.15) is 0 Å². The maximum atomic E-state index is 9.60. The molecule has 0 amide bonds. The summed E-state index contributed by atoms with van der Waals surface area (Å²) >= 11 is 0. The van der Waals surface area contributed by atoms with Crippen molar-refractivity contribution in [3.63, 3.8) is 0 Å². The van der Waals surface area contributed by atoms with Crippen molar-refractivity contribution in [2.45, 2.75) is 75.6 Å². The second-order valence-electron chi connectivity index (χ2n) is 5.31. The fourth-order valence-corrected chi connectivity index (χ4v) is 3.03. The molecule has 0 radical (unpaired) electrons. The Hall–Kier alpha value is -0.120. The van der Waals surface area contributed by atoms with E-state index in [0.717, 1.165) is 25.7 Å². The third-order valence-electron chi connectivity index (χ3n) is 3.83. The number of aliphatic hydroxyl groups is 1. The molecule has 4 N–H and O–H groups in total. The van der Waals surface area contributed by atoms with E-state index in [2.05, 4.69) is 5.32 Å². The van der Waals surface area contributed by atoms with Crippen molar-refractivity contribution >= 4 is 0 Å². The molecule has 3 nitrogen and oxygen atoms in total. The molecule has 0 aromatic carbocycles. The van der Waals surface area contributed by atoms with Crippen LogP contribution in [0.5, 0.6) is 0 Å². The van der Waals surface area contributed by atoms with Crippen molar-refractivity contribution in [2.24, 2.45) is 5.73 Å². The lowest BCUT2D eigenvalue weighted by Gasteiger charge is -2.34. The Morgan fingerprint density at radius 3 is 2.27 bits per heavy atom. The first-order valence-corrected chi connectivity index (χ1v) is 6.43. The molecule has 2 aliphatic rings. The monoisotopic (exact) mass is 212 g/mol. The molecule has 2 aliphatic carbocycles. The maximum absolute atomic E-state index is 9.60. The molecule has 88 valence electrons. The number of hydrogen-bond donors (Lipinski definition) is 3. The van der Waals surface area contributed by atoms with Gasteiger partial charge in [0.2, 0.25) is 0 Å². The average molecular weight is 212 g/mol. The van der Waals surface area contributed by atoms with E-state index in [1.807, 2.05) is 0 Å². The van der Waals surface area contributed by atoms with Gasteiger partial charge in [0.15, 0.2) is 0 Å². The molecule has 0 aromatic heterocycles. The molecule has 4 atom stereocenters. The first-order chi connectivity index (χ1) is 7.24. The van der Waals surface area contributed by atoms with Gasteiger partial charge in [-0.05, 0) is 44.9 Å². The highest BCUT2D eigenvalue weighted by atomic mass is 16.3. The van der Waals surface area contributed by atoms with Gasteiger partial charge in [0.05, 0.1) is 6.10 Å². The first kappa shape index (κ1) is 11.4. The van der Waals surface area contributed by atoms with Crippen molar-refractivity contribution < 1.29 is 5.11 Å². The van der Waals surface area contributed by atoms with Crippen molar-refractivity contribution in [3.8, 4) is 0 Å². The molecule has 2 fully saturated rings. The second-order valence-corrected chi connectivity index (χ2v) is 5.31. The van der Waals surface area contributed by atoms with Gasteiger partial charge in [-0.1, -0.05) is 6.42 Å². The molecular formula is C12H24N2O. The van der Waals surface area contributed by atoms with Crippen LogP contribution in [0.1, 0.15) is 51.4 Å². The molecule has 2 rings (SSSR count). The van der Waals surface area contributed by atoms with E-state index < -0.39 is 0 Å². The Morgan fingerprint density at radius 1 is 0.933 bits per heavy atom. The topological polar surface area (TPSA) is 58.3 Å². The van der Waals surface area contributed by atoms with E-state index in [4.69, 9.17) is 5.73 Å². The molecule has 0 saturated heterocycles. The van der Waals surface area contributed by atoms with Gasteiger partial charge in [0.25, 0.3) is 0 Å². The van der Waals surface area contributed by atoms with E-state index in [0.29, 0.717) is 18.1 Å². The zero-order valence-corrected chi connectivity index (χ0v) is 9.49. The summed E-state index contributed by atoms with van der Waals surface area (Å²) in [4.78, 5) is 0. The van der Waals surface area contributed by atoms with Crippen LogP contribution in [0.25, 0.3) is 0 Å². The Labute approximate surface area is 92.4 Å². The Balaban J connectivity index is 1.75. The lowest BCUT2D eigenvalue weighted by atomic mass is 9.88. The highest BCUT2D eigenvalue weighted by Gasteiger charge is 2.25. The summed E-state index contributed by atoms with van der Waals surface area (Å²) in [5.74, 6) is 0. The smallest absolute Gasteiger partial charge is 0.0555 e. The number of nitrogens with one attached hydrogen (secondary N) is 1. The summed E-state index contributed by atoms with van der Waals surface area (Å²) in [6, 6.07) is 1.53. The van der Waals surface area contributed by atoms with Gasteiger partial charge >= 0.3 is 0 Å². The minimum absolute atomic E-state index is 0.0754. The van der Waals surface area contributed by atoms with Crippen LogP contribution >= 0.6 is 0 Å². The van der Waals surface area contributed by atoms with Gasteiger partial charge in [-0.15, -0.1) is 0 Å². The first-order valence-electron chi connectivity index (χ1n) is 6.43. The van der Waals surface area contributed by atoms with Crippen molar-refractivity contribution in [3.05, 3.63) is 0 Å². The molecule has 0 spiro atoms. The van der Waals surface area contributed by atoms with Crippen LogP contribution in [0.15, 0.2) is 0 Å². The minimum atomic E-state index is -0.0754. The number of rotatable bonds is 2. The molecule has 2 saturated carbocycles. The number of aliphatic hydroxyl groups excluding tert-OH is 1. The Bertz CT molecular complexity index is 178. The molecular weight excluding hydrogens is 188 g/mol. The zero-order valence-electron chi connectivity index (χ0n) is 9.49. The summed E-state index contributed by atoms with van der Waals surface area (Å²) in [5.41, 5.74) is 5.97. The molecule has 0 heterocycles. The van der Waals surface area contributed by atoms with Gasteiger partial charge in [0.1, 0.15) is 0 Å². The van der Waals surface area contributed by atoms with E-state index in [1.165, 1.54) is 25.7 Å². The van der Waals surface area contributed by atoms with E-state index >= 15 is 0 Å². The molecule has 15 heavy (non-hydrogen) atoms. The van der Waals surface area contributed by atoms with E-state index in [1.54, 1.807) is 0 Å². The minimum Gasteiger partial charge on any atom is -0.393 e. The lowest BCUT2D eigenvalue weighted by Crippen LogP contribution is -2.46. The van der Waals surface area contributed by atoms with E-state index in [9.17, 15) is 5.11 Å². The SMILES string of the molecule is NC1CCCC(NC2CCCC(O)C2)C1. The van der Waals surface area contributed by atoms with Gasteiger partial charge in [0, 0.05) is 18.1 Å². The quantitative estimate of drug-likeness (QED) is 0.643. The van der Waals surface area contributed by atoms with Crippen LogP contribution in [-0.2, 0) is 0 Å². The molecule has 3 heteroatoms. The third-order valence-corrected chi connectivity index (χ3v) is 3.83. The van der Waals surface area contributed by atoms with Crippen LogP contribution in [0.3, 0.4) is 0 Å². The van der Waals surface area contributed by atoms with Gasteiger partial charge in [-0.3, -0.25) is 0 Å². The predicted octanol–water partition coefficient (Wildman–Crippen LogP) is 1.15. The summed E-state index contributed by atoms with van der Waals surface area (Å²) in [7, 11) is 0. The maximum Gasteiger partial charge on any atom is 0.0555 e. The number of nitrogens with two attached hydrogens (primary N) is 1. The van der Waals surface area contributed by atoms with Crippen LogP contribution in [0.2, 0.25) is 0 Å². The van der Waals surface area contributed by atoms with Crippen molar-refractivity contribution in [1.82, 2.24) is 5.32 Å². The van der Waals surface area contributed by atoms with E-state index in [-0.39, 0.29) is 6.10 Å². The summed E-state index contributed by atoms with van der Waals surface area (Å²) in [6.07, 6.45) is 9.06.